The summed E-state index contributed by atoms with van der Waals surface area (Å²) in [6.07, 6.45) is 1.71. The zero-order valence-electron chi connectivity index (χ0n) is 20.4. The van der Waals surface area contributed by atoms with E-state index < -0.39 is 0 Å². The van der Waals surface area contributed by atoms with Crippen molar-refractivity contribution in [3.8, 4) is 0 Å². The average Bonchev–Trinajstić information content (AvgIpc) is 3.23. The van der Waals surface area contributed by atoms with E-state index in [1.54, 1.807) is 7.11 Å². The minimum absolute atomic E-state index is 0.283. The molecular weight excluding hydrogens is 404 g/mol. The van der Waals surface area contributed by atoms with Gasteiger partial charge in [0.15, 0.2) is 5.96 Å². The first kappa shape index (κ1) is 25.0. The standard InChI is InChI=1S/C25H42N4O3/c1-5-26-25(29-11-10-22(17-29)19-31-13-12-30-4)27-14-23-8-6-7-9-24(23)18-28-15-20(2)32-21(3)16-28/h6-9,20-22H,5,10-19H2,1-4H3,(H,26,27). The summed E-state index contributed by atoms with van der Waals surface area (Å²) >= 11 is 0. The van der Waals surface area contributed by atoms with Crippen LogP contribution in [0.4, 0.5) is 0 Å². The van der Waals surface area contributed by atoms with E-state index in [0.717, 1.165) is 58.3 Å². The van der Waals surface area contributed by atoms with E-state index >= 15 is 0 Å². The second-order valence-corrected chi connectivity index (χ2v) is 9.06. The van der Waals surface area contributed by atoms with Crippen LogP contribution < -0.4 is 5.32 Å². The molecule has 1 aromatic carbocycles. The Morgan fingerprint density at radius 3 is 2.59 bits per heavy atom. The molecule has 2 heterocycles. The van der Waals surface area contributed by atoms with E-state index in [2.05, 4.69) is 60.2 Å². The zero-order chi connectivity index (χ0) is 22.8. The first-order valence-electron chi connectivity index (χ1n) is 12.1. The van der Waals surface area contributed by atoms with Crippen LogP contribution in [0.2, 0.25) is 0 Å². The summed E-state index contributed by atoms with van der Waals surface area (Å²) < 4.78 is 16.7. The summed E-state index contributed by atoms with van der Waals surface area (Å²) in [4.78, 5) is 9.90. The van der Waals surface area contributed by atoms with Gasteiger partial charge < -0.3 is 24.4 Å². The summed E-state index contributed by atoms with van der Waals surface area (Å²) in [5.74, 6) is 1.56. The fourth-order valence-electron chi connectivity index (χ4n) is 4.66. The van der Waals surface area contributed by atoms with Gasteiger partial charge in [0, 0.05) is 52.3 Å². The van der Waals surface area contributed by atoms with Crippen molar-refractivity contribution in [1.29, 1.82) is 0 Å². The molecule has 3 unspecified atom stereocenters. The van der Waals surface area contributed by atoms with E-state index in [9.17, 15) is 0 Å². The maximum atomic E-state index is 5.90. The van der Waals surface area contributed by atoms with Crippen molar-refractivity contribution in [2.75, 3.05) is 59.7 Å². The molecule has 7 nitrogen and oxygen atoms in total. The second kappa shape index (κ2) is 13.1. The summed E-state index contributed by atoms with van der Waals surface area (Å²) in [6, 6.07) is 8.71. The molecule has 180 valence electrons. The molecular formula is C25H42N4O3. The number of rotatable bonds is 10. The van der Waals surface area contributed by atoms with E-state index in [4.69, 9.17) is 19.2 Å². The first-order chi connectivity index (χ1) is 15.6. The highest BCUT2D eigenvalue weighted by Crippen LogP contribution is 2.19. The van der Waals surface area contributed by atoms with Crippen LogP contribution in [0.25, 0.3) is 0 Å². The Labute approximate surface area is 194 Å². The maximum Gasteiger partial charge on any atom is 0.194 e. The number of nitrogens with one attached hydrogen (secondary N) is 1. The van der Waals surface area contributed by atoms with Crippen molar-refractivity contribution in [3.05, 3.63) is 35.4 Å². The molecule has 2 aliphatic heterocycles. The Morgan fingerprint density at radius 1 is 1.12 bits per heavy atom. The van der Waals surface area contributed by atoms with Crippen LogP contribution in [0.1, 0.15) is 38.3 Å². The van der Waals surface area contributed by atoms with Crippen LogP contribution in [-0.2, 0) is 27.3 Å². The molecule has 0 aliphatic carbocycles. The minimum Gasteiger partial charge on any atom is -0.382 e. The average molecular weight is 447 g/mol. The molecule has 1 N–H and O–H groups in total. The number of benzene rings is 1. The van der Waals surface area contributed by atoms with Gasteiger partial charge in [-0.2, -0.15) is 0 Å². The maximum absolute atomic E-state index is 5.90. The third kappa shape index (κ3) is 7.73. The second-order valence-electron chi connectivity index (χ2n) is 9.06. The van der Waals surface area contributed by atoms with Crippen LogP contribution in [0.15, 0.2) is 29.3 Å². The Kier molecular flexibility index (Phi) is 10.2. The number of hydrogen-bond donors (Lipinski definition) is 1. The quantitative estimate of drug-likeness (QED) is 0.339. The van der Waals surface area contributed by atoms with Crippen LogP contribution in [-0.4, -0.2) is 87.6 Å². The first-order valence-corrected chi connectivity index (χ1v) is 12.1. The topological polar surface area (TPSA) is 58.6 Å². The predicted octanol–water partition coefficient (Wildman–Crippen LogP) is 2.75. The van der Waals surface area contributed by atoms with Gasteiger partial charge in [-0.15, -0.1) is 0 Å². The fourth-order valence-corrected chi connectivity index (χ4v) is 4.66. The Bertz CT molecular complexity index is 704. The highest BCUT2D eigenvalue weighted by molar-refractivity contribution is 5.80. The summed E-state index contributed by atoms with van der Waals surface area (Å²) in [5, 5.41) is 3.49. The van der Waals surface area contributed by atoms with E-state index in [-0.39, 0.29) is 12.2 Å². The largest absolute Gasteiger partial charge is 0.382 e. The molecule has 32 heavy (non-hydrogen) atoms. The van der Waals surface area contributed by atoms with Gasteiger partial charge in [0.25, 0.3) is 0 Å². The lowest BCUT2D eigenvalue weighted by Gasteiger charge is -2.35. The van der Waals surface area contributed by atoms with Gasteiger partial charge >= 0.3 is 0 Å². The summed E-state index contributed by atoms with van der Waals surface area (Å²) in [7, 11) is 1.71. The van der Waals surface area contributed by atoms with Gasteiger partial charge in [0.1, 0.15) is 0 Å². The smallest absolute Gasteiger partial charge is 0.194 e. The number of methoxy groups -OCH3 is 1. The van der Waals surface area contributed by atoms with Crippen molar-refractivity contribution < 1.29 is 14.2 Å². The molecule has 0 amide bonds. The van der Waals surface area contributed by atoms with Gasteiger partial charge in [-0.25, -0.2) is 4.99 Å². The third-order valence-corrected chi connectivity index (χ3v) is 6.11. The number of guanidine groups is 1. The van der Waals surface area contributed by atoms with E-state index in [1.807, 2.05) is 0 Å². The number of ether oxygens (including phenoxy) is 3. The van der Waals surface area contributed by atoms with E-state index in [1.165, 1.54) is 11.1 Å². The molecule has 2 saturated heterocycles. The van der Waals surface area contributed by atoms with Crippen molar-refractivity contribution in [3.63, 3.8) is 0 Å². The molecule has 3 atom stereocenters. The van der Waals surface area contributed by atoms with Crippen molar-refractivity contribution in [2.24, 2.45) is 10.9 Å². The zero-order valence-corrected chi connectivity index (χ0v) is 20.4. The molecule has 0 aromatic heterocycles. The number of morpholine rings is 1. The fraction of sp³-hybridized carbons (Fsp3) is 0.720. The van der Waals surface area contributed by atoms with Crippen LogP contribution in [0, 0.1) is 5.92 Å². The van der Waals surface area contributed by atoms with Gasteiger partial charge in [-0.05, 0) is 38.3 Å². The molecule has 0 bridgehead atoms. The molecule has 0 radical (unpaired) electrons. The monoisotopic (exact) mass is 446 g/mol. The normalized spacial score (nSPS) is 24.8. The molecule has 2 aliphatic rings. The number of likely N-dealkylation sites (tertiary alicyclic amines) is 1. The molecule has 0 saturated carbocycles. The molecule has 3 rings (SSSR count). The van der Waals surface area contributed by atoms with Gasteiger partial charge in [-0.3, -0.25) is 4.90 Å². The van der Waals surface area contributed by atoms with Crippen molar-refractivity contribution >= 4 is 5.96 Å². The van der Waals surface area contributed by atoms with Crippen molar-refractivity contribution in [1.82, 2.24) is 15.1 Å². The molecule has 2 fully saturated rings. The summed E-state index contributed by atoms with van der Waals surface area (Å²) in [5.41, 5.74) is 2.66. The van der Waals surface area contributed by atoms with Gasteiger partial charge in [0.05, 0.1) is 38.6 Å². The highest BCUT2D eigenvalue weighted by Gasteiger charge is 2.25. The predicted molar refractivity (Wildman–Crippen MR) is 129 cm³/mol. The lowest BCUT2D eigenvalue weighted by Crippen LogP contribution is -2.44. The molecule has 7 heteroatoms. The van der Waals surface area contributed by atoms with Crippen LogP contribution >= 0.6 is 0 Å². The third-order valence-electron chi connectivity index (χ3n) is 6.11. The highest BCUT2D eigenvalue weighted by atomic mass is 16.5. The van der Waals surface area contributed by atoms with Crippen molar-refractivity contribution in [2.45, 2.75) is 52.5 Å². The number of aliphatic imine (C=N–C) groups is 1. The lowest BCUT2D eigenvalue weighted by molar-refractivity contribution is -0.0705. The molecule has 1 aromatic rings. The summed E-state index contributed by atoms with van der Waals surface area (Å²) in [6.45, 7) is 15.0. The Balaban J connectivity index is 1.59. The number of nitrogens with zero attached hydrogens (tertiary/aromatic N) is 3. The van der Waals surface area contributed by atoms with E-state index in [0.29, 0.717) is 25.7 Å². The Morgan fingerprint density at radius 2 is 1.88 bits per heavy atom. The van der Waals surface area contributed by atoms with Gasteiger partial charge in [0.2, 0.25) is 0 Å². The minimum atomic E-state index is 0.283. The lowest BCUT2D eigenvalue weighted by atomic mass is 10.1. The Hall–Kier alpha value is -1.67. The number of hydrogen-bond acceptors (Lipinski definition) is 5. The molecule has 0 spiro atoms. The van der Waals surface area contributed by atoms with Crippen LogP contribution in [0.3, 0.4) is 0 Å². The van der Waals surface area contributed by atoms with Gasteiger partial charge in [-0.1, -0.05) is 24.3 Å². The van der Waals surface area contributed by atoms with Crippen LogP contribution in [0.5, 0.6) is 0 Å². The SMILES string of the molecule is CCNC(=NCc1ccccc1CN1CC(C)OC(C)C1)N1CCC(COCCOC)C1.